The summed E-state index contributed by atoms with van der Waals surface area (Å²) in [5.74, 6) is 2.41. The molecule has 2 aliphatic heterocycles. The third-order valence-electron chi connectivity index (χ3n) is 6.65. The number of nitrogens with zero attached hydrogens (tertiary/aromatic N) is 6. The first kappa shape index (κ1) is 24.4. The lowest BCUT2D eigenvalue weighted by atomic mass is 9.93. The number of piperidine rings is 2. The lowest BCUT2D eigenvalue weighted by Crippen LogP contribution is -2.50. The van der Waals surface area contributed by atoms with E-state index in [2.05, 4.69) is 60.1 Å². The van der Waals surface area contributed by atoms with Crippen molar-refractivity contribution >= 4 is 41.3 Å². The number of thiazole rings is 1. The number of aliphatic imine (C=N–C) groups is 1. The Bertz CT molecular complexity index is 814. The van der Waals surface area contributed by atoms with Gasteiger partial charge in [0.05, 0.1) is 23.1 Å². The molecule has 172 valence electrons. The molecule has 2 aromatic heterocycles. The van der Waals surface area contributed by atoms with E-state index in [9.17, 15) is 0 Å². The van der Waals surface area contributed by atoms with Crippen LogP contribution in [0.4, 0.5) is 0 Å². The molecule has 1 N–H and O–H groups in total. The van der Waals surface area contributed by atoms with Crippen molar-refractivity contribution in [2.45, 2.75) is 45.7 Å². The predicted molar refractivity (Wildman–Crippen MR) is 138 cm³/mol. The SMILES string of the molecule is CN=C(NCC1CCN(Cc2csc(C)n2)CC1)N1CCC(C)C(n2ccnc2)C1.I. The Morgan fingerprint density at radius 1 is 1.26 bits per heavy atom. The third kappa shape index (κ3) is 6.41. The molecule has 9 heteroatoms. The molecule has 2 aliphatic rings. The highest BCUT2D eigenvalue weighted by molar-refractivity contribution is 14.0. The molecular weight excluding hydrogens is 521 g/mol. The van der Waals surface area contributed by atoms with Crippen molar-refractivity contribution in [3.05, 3.63) is 34.8 Å². The van der Waals surface area contributed by atoms with Crippen LogP contribution in [0.2, 0.25) is 0 Å². The van der Waals surface area contributed by atoms with Gasteiger partial charge in [0.1, 0.15) is 0 Å². The fourth-order valence-electron chi connectivity index (χ4n) is 4.72. The van der Waals surface area contributed by atoms with Gasteiger partial charge in [0.15, 0.2) is 5.96 Å². The lowest BCUT2D eigenvalue weighted by Gasteiger charge is -2.39. The molecule has 0 saturated carbocycles. The van der Waals surface area contributed by atoms with Crippen LogP contribution in [0.1, 0.15) is 42.9 Å². The molecule has 0 radical (unpaired) electrons. The van der Waals surface area contributed by atoms with E-state index >= 15 is 0 Å². The number of likely N-dealkylation sites (tertiary alicyclic amines) is 2. The third-order valence-corrected chi connectivity index (χ3v) is 7.47. The second-order valence-corrected chi connectivity index (χ2v) is 9.86. The summed E-state index contributed by atoms with van der Waals surface area (Å²) in [5, 5.41) is 7.04. The number of hydrogen-bond donors (Lipinski definition) is 1. The van der Waals surface area contributed by atoms with E-state index in [-0.39, 0.29) is 24.0 Å². The van der Waals surface area contributed by atoms with Gasteiger partial charge in [0.25, 0.3) is 0 Å². The van der Waals surface area contributed by atoms with Crippen molar-refractivity contribution in [1.29, 1.82) is 0 Å². The number of aromatic nitrogens is 3. The zero-order valence-electron chi connectivity index (χ0n) is 18.9. The van der Waals surface area contributed by atoms with Gasteiger partial charge in [0, 0.05) is 51.0 Å². The van der Waals surface area contributed by atoms with Crippen LogP contribution in [0, 0.1) is 18.8 Å². The minimum atomic E-state index is 0. The first-order valence-electron chi connectivity index (χ1n) is 11.2. The minimum absolute atomic E-state index is 0. The largest absolute Gasteiger partial charge is 0.356 e. The van der Waals surface area contributed by atoms with Gasteiger partial charge in [-0.05, 0) is 51.1 Å². The molecule has 0 aromatic carbocycles. The van der Waals surface area contributed by atoms with Crippen molar-refractivity contribution in [2.24, 2.45) is 16.8 Å². The summed E-state index contributed by atoms with van der Waals surface area (Å²) in [7, 11) is 1.91. The van der Waals surface area contributed by atoms with Gasteiger partial charge in [0.2, 0.25) is 0 Å². The van der Waals surface area contributed by atoms with Gasteiger partial charge < -0.3 is 14.8 Å². The minimum Gasteiger partial charge on any atom is -0.356 e. The second kappa shape index (κ2) is 11.6. The Labute approximate surface area is 207 Å². The molecular formula is C22H36IN7S. The molecule has 2 saturated heterocycles. The van der Waals surface area contributed by atoms with E-state index in [1.807, 2.05) is 19.6 Å². The van der Waals surface area contributed by atoms with Crippen molar-refractivity contribution < 1.29 is 0 Å². The highest BCUT2D eigenvalue weighted by Gasteiger charge is 2.29. The molecule has 2 atom stereocenters. The molecule has 31 heavy (non-hydrogen) atoms. The number of nitrogens with one attached hydrogen (secondary N) is 1. The van der Waals surface area contributed by atoms with Crippen molar-refractivity contribution in [3.8, 4) is 0 Å². The molecule has 4 heterocycles. The number of rotatable bonds is 5. The van der Waals surface area contributed by atoms with E-state index in [1.54, 1.807) is 11.3 Å². The molecule has 7 nitrogen and oxygen atoms in total. The number of imidazole rings is 1. The summed E-state index contributed by atoms with van der Waals surface area (Å²) in [4.78, 5) is 18.4. The van der Waals surface area contributed by atoms with Crippen LogP contribution >= 0.6 is 35.3 Å². The van der Waals surface area contributed by atoms with E-state index in [0.717, 1.165) is 50.2 Å². The summed E-state index contributed by atoms with van der Waals surface area (Å²) < 4.78 is 2.25. The van der Waals surface area contributed by atoms with Gasteiger partial charge in [-0.1, -0.05) is 6.92 Å². The Balaban J connectivity index is 0.00000272. The topological polar surface area (TPSA) is 61.6 Å². The summed E-state index contributed by atoms with van der Waals surface area (Å²) in [6.07, 6.45) is 9.56. The molecule has 0 bridgehead atoms. The second-order valence-electron chi connectivity index (χ2n) is 8.79. The fraction of sp³-hybridized carbons (Fsp3) is 0.682. The Morgan fingerprint density at radius 3 is 2.71 bits per heavy atom. The normalized spacial score (nSPS) is 23.6. The average Bonchev–Trinajstić information content (AvgIpc) is 3.43. The first-order valence-corrected chi connectivity index (χ1v) is 12.1. The number of halogens is 1. The lowest BCUT2D eigenvalue weighted by molar-refractivity contribution is 0.172. The molecule has 0 aliphatic carbocycles. The predicted octanol–water partition coefficient (Wildman–Crippen LogP) is 3.64. The van der Waals surface area contributed by atoms with Gasteiger partial charge in [-0.25, -0.2) is 9.97 Å². The summed E-state index contributed by atoms with van der Waals surface area (Å²) in [6, 6.07) is 0.456. The van der Waals surface area contributed by atoms with Crippen LogP contribution in [0.3, 0.4) is 0 Å². The highest BCUT2D eigenvalue weighted by atomic mass is 127. The fourth-order valence-corrected chi connectivity index (χ4v) is 5.33. The molecule has 2 unspecified atom stereocenters. The molecule has 4 rings (SSSR count). The monoisotopic (exact) mass is 557 g/mol. The summed E-state index contributed by atoms with van der Waals surface area (Å²) in [6.45, 7) is 10.8. The smallest absolute Gasteiger partial charge is 0.193 e. The van der Waals surface area contributed by atoms with Crippen LogP contribution in [-0.4, -0.2) is 70.1 Å². The zero-order valence-corrected chi connectivity index (χ0v) is 22.1. The average molecular weight is 558 g/mol. The van der Waals surface area contributed by atoms with E-state index in [1.165, 1.54) is 25.0 Å². The van der Waals surface area contributed by atoms with Crippen LogP contribution in [0.5, 0.6) is 0 Å². The summed E-state index contributed by atoms with van der Waals surface area (Å²) >= 11 is 1.75. The van der Waals surface area contributed by atoms with Crippen molar-refractivity contribution in [3.63, 3.8) is 0 Å². The van der Waals surface area contributed by atoms with Crippen molar-refractivity contribution in [2.75, 3.05) is 39.8 Å². The summed E-state index contributed by atoms with van der Waals surface area (Å²) in [5.41, 5.74) is 1.22. The number of hydrogen-bond acceptors (Lipinski definition) is 5. The first-order chi connectivity index (χ1) is 14.6. The van der Waals surface area contributed by atoms with Gasteiger partial charge >= 0.3 is 0 Å². The van der Waals surface area contributed by atoms with Crippen molar-refractivity contribution in [1.82, 2.24) is 29.7 Å². The van der Waals surface area contributed by atoms with Crippen LogP contribution in [0.25, 0.3) is 0 Å². The van der Waals surface area contributed by atoms with Crippen LogP contribution in [0.15, 0.2) is 29.1 Å². The van der Waals surface area contributed by atoms with Crippen LogP contribution in [-0.2, 0) is 6.54 Å². The zero-order chi connectivity index (χ0) is 20.9. The van der Waals surface area contributed by atoms with Gasteiger partial charge in [-0.2, -0.15) is 0 Å². The standard InChI is InChI=1S/C22H35N7S.HI/c1-17-4-10-28(14-21(17)29-11-7-24-16-29)22(23-3)25-12-19-5-8-27(9-6-19)13-20-15-30-18(2)26-20;/h7,11,15-17,19,21H,4-6,8-10,12-14H2,1-3H3,(H,23,25);1H. The maximum absolute atomic E-state index is 4.61. The number of guanidine groups is 1. The molecule has 0 amide bonds. The van der Waals surface area contributed by atoms with Gasteiger partial charge in [-0.3, -0.25) is 9.89 Å². The molecule has 0 spiro atoms. The molecule has 2 fully saturated rings. The van der Waals surface area contributed by atoms with E-state index in [4.69, 9.17) is 0 Å². The van der Waals surface area contributed by atoms with Crippen LogP contribution < -0.4 is 5.32 Å². The van der Waals surface area contributed by atoms with Gasteiger partial charge in [-0.15, -0.1) is 35.3 Å². The Hall–Kier alpha value is -1.20. The Morgan fingerprint density at radius 2 is 2.06 bits per heavy atom. The maximum Gasteiger partial charge on any atom is 0.193 e. The molecule has 2 aromatic rings. The number of aryl methyl sites for hydroxylation is 1. The van der Waals surface area contributed by atoms with E-state index in [0.29, 0.717) is 17.9 Å². The highest BCUT2D eigenvalue weighted by Crippen LogP contribution is 2.27. The Kier molecular flexibility index (Phi) is 9.15. The maximum atomic E-state index is 4.61. The van der Waals surface area contributed by atoms with E-state index < -0.39 is 0 Å². The quantitative estimate of drug-likeness (QED) is 0.346.